The van der Waals surface area contributed by atoms with Gasteiger partial charge in [0.05, 0.1) is 11.1 Å². The van der Waals surface area contributed by atoms with Gasteiger partial charge in [0, 0.05) is 0 Å². The number of benzene rings is 1. The molecule has 0 spiro atoms. The highest BCUT2D eigenvalue weighted by Crippen LogP contribution is 2.25. The molecule has 0 saturated heterocycles. The van der Waals surface area contributed by atoms with Crippen LogP contribution in [0.1, 0.15) is 10.4 Å². The highest BCUT2D eigenvalue weighted by atomic mass is 35.5. The molecule has 20 heavy (non-hydrogen) atoms. The largest absolute Gasteiger partial charge is 0.478 e. The van der Waals surface area contributed by atoms with Gasteiger partial charge in [-0.1, -0.05) is 23.7 Å². The van der Waals surface area contributed by atoms with Crippen LogP contribution in [0.2, 0.25) is 5.15 Å². The van der Waals surface area contributed by atoms with Crippen LogP contribution < -0.4 is 0 Å². The Labute approximate surface area is 117 Å². The minimum Gasteiger partial charge on any atom is -0.478 e. The van der Waals surface area contributed by atoms with Crippen LogP contribution in [-0.4, -0.2) is 25.7 Å². The van der Waals surface area contributed by atoms with E-state index in [2.05, 4.69) is 10.2 Å². The van der Waals surface area contributed by atoms with E-state index in [9.17, 15) is 9.18 Å². The summed E-state index contributed by atoms with van der Waals surface area (Å²) in [6.45, 7) is 0. The fourth-order valence-corrected chi connectivity index (χ4v) is 2.20. The zero-order valence-corrected chi connectivity index (χ0v) is 10.7. The number of aromatic carboxylic acids is 1. The van der Waals surface area contributed by atoms with Gasteiger partial charge in [0.25, 0.3) is 0 Å². The van der Waals surface area contributed by atoms with E-state index in [1.165, 1.54) is 22.6 Å². The number of hydrogen-bond acceptors (Lipinski definition) is 3. The summed E-state index contributed by atoms with van der Waals surface area (Å²) in [5, 5.41) is 16.8. The van der Waals surface area contributed by atoms with Gasteiger partial charge < -0.3 is 5.11 Å². The van der Waals surface area contributed by atoms with E-state index < -0.39 is 11.8 Å². The average Bonchev–Trinajstić information content (AvgIpc) is 2.83. The van der Waals surface area contributed by atoms with E-state index >= 15 is 0 Å². The molecule has 1 N–H and O–H groups in total. The normalized spacial score (nSPS) is 10.9. The molecule has 3 aromatic rings. The van der Waals surface area contributed by atoms with Gasteiger partial charge in [-0.3, -0.25) is 4.40 Å². The second kappa shape index (κ2) is 4.57. The molecule has 0 unspecified atom stereocenters. The maximum atomic E-state index is 13.8. The third-order valence-corrected chi connectivity index (χ3v) is 3.10. The van der Waals surface area contributed by atoms with E-state index in [4.69, 9.17) is 16.7 Å². The molecule has 0 radical (unpaired) electrons. The summed E-state index contributed by atoms with van der Waals surface area (Å²) < 4.78 is 15.2. The van der Waals surface area contributed by atoms with E-state index in [0.29, 0.717) is 0 Å². The zero-order chi connectivity index (χ0) is 14.3. The van der Waals surface area contributed by atoms with Crippen LogP contribution in [-0.2, 0) is 0 Å². The van der Waals surface area contributed by atoms with Gasteiger partial charge in [-0.05, 0) is 24.3 Å². The summed E-state index contributed by atoms with van der Waals surface area (Å²) in [5.41, 5.74) is 0.480. The SMILES string of the molecule is O=C(O)c1cc(Cl)n2c(-c3ccccc3F)nnc2c1. The standard InChI is InChI=1S/C13H7ClFN3O2/c14-10-5-7(13(19)20)6-11-16-17-12(18(10)11)8-3-1-2-4-9(8)15/h1-6H,(H,19,20). The summed E-state index contributed by atoms with van der Waals surface area (Å²) in [7, 11) is 0. The van der Waals surface area contributed by atoms with Gasteiger partial charge in [-0.2, -0.15) is 0 Å². The Kier molecular flexibility index (Phi) is 2.87. The van der Waals surface area contributed by atoms with Gasteiger partial charge in [-0.15, -0.1) is 10.2 Å². The molecule has 0 saturated carbocycles. The van der Waals surface area contributed by atoms with Gasteiger partial charge in [-0.25, -0.2) is 9.18 Å². The lowest BCUT2D eigenvalue weighted by Crippen LogP contribution is -2.00. The average molecular weight is 292 g/mol. The molecule has 5 nitrogen and oxygen atoms in total. The number of hydrogen-bond donors (Lipinski definition) is 1. The number of carboxylic acids is 1. The minimum absolute atomic E-state index is 0.00464. The fourth-order valence-electron chi connectivity index (χ4n) is 1.91. The van der Waals surface area contributed by atoms with Gasteiger partial charge in [0.2, 0.25) is 0 Å². The zero-order valence-electron chi connectivity index (χ0n) is 9.92. The number of aromatic nitrogens is 3. The number of carboxylic acid groups (broad SMARTS) is 1. The van der Waals surface area contributed by atoms with Crippen LogP contribution in [0.25, 0.3) is 17.0 Å². The van der Waals surface area contributed by atoms with Crippen molar-refractivity contribution in [2.24, 2.45) is 0 Å². The number of nitrogens with zero attached hydrogens (tertiary/aromatic N) is 3. The van der Waals surface area contributed by atoms with E-state index in [0.717, 1.165) is 0 Å². The van der Waals surface area contributed by atoms with Crippen LogP contribution in [0.4, 0.5) is 4.39 Å². The Morgan fingerprint density at radius 3 is 2.70 bits per heavy atom. The Hall–Kier alpha value is -2.47. The molecule has 3 rings (SSSR count). The number of pyridine rings is 1. The summed E-state index contributed by atoms with van der Waals surface area (Å²) in [4.78, 5) is 11.0. The van der Waals surface area contributed by atoms with E-state index in [1.807, 2.05) is 0 Å². The summed E-state index contributed by atoms with van der Waals surface area (Å²) in [5.74, 6) is -1.36. The number of rotatable bonds is 2. The first-order valence-corrected chi connectivity index (χ1v) is 5.98. The third-order valence-electron chi connectivity index (χ3n) is 2.82. The molecule has 2 heterocycles. The second-order valence-corrected chi connectivity index (χ2v) is 4.46. The summed E-state index contributed by atoms with van der Waals surface area (Å²) in [6.07, 6.45) is 0. The van der Waals surface area contributed by atoms with Crippen molar-refractivity contribution in [3.8, 4) is 11.4 Å². The van der Waals surface area contributed by atoms with Crippen molar-refractivity contribution in [3.05, 3.63) is 52.9 Å². The monoisotopic (exact) mass is 291 g/mol. The molecule has 2 aromatic heterocycles. The van der Waals surface area contributed by atoms with Crippen LogP contribution >= 0.6 is 11.6 Å². The number of fused-ring (bicyclic) bond motifs is 1. The molecule has 0 atom stereocenters. The second-order valence-electron chi connectivity index (χ2n) is 4.07. The van der Waals surface area contributed by atoms with Crippen LogP contribution in [0.15, 0.2) is 36.4 Å². The Morgan fingerprint density at radius 2 is 2.00 bits per heavy atom. The van der Waals surface area contributed by atoms with Crippen molar-refractivity contribution in [1.82, 2.24) is 14.6 Å². The molecule has 0 aliphatic rings. The Bertz CT molecular complexity index is 832. The van der Waals surface area contributed by atoms with Crippen molar-refractivity contribution in [1.29, 1.82) is 0 Å². The predicted molar refractivity (Wildman–Crippen MR) is 70.4 cm³/mol. The molecule has 0 aliphatic carbocycles. The number of halogens is 2. The highest BCUT2D eigenvalue weighted by molar-refractivity contribution is 6.30. The first kappa shape index (κ1) is 12.6. The molecule has 0 fully saturated rings. The third kappa shape index (κ3) is 1.90. The lowest BCUT2D eigenvalue weighted by molar-refractivity contribution is 0.0697. The quantitative estimate of drug-likeness (QED) is 0.737. The van der Waals surface area contributed by atoms with Crippen molar-refractivity contribution in [2.45, 2.75) is 0 Å². The molecule has 100 valence electrons. The summed E-state index contributed by atoms with van der Waals surface area (Å²) in [6, 6.07) is 8.67. The summed E-state index contributed by atoms with van der Waals surface area (Å²) >= 11 is 6.05. The maximum Gasteiger partial charge on any atom is 0.335 e. The lowest BCUT2D eigenvalue weighted by Gasteiger charge is -2.04. The van der Waals surface area contributed by atoms with Crippen molar-refractivity contribution in [3.63, 3.8) is 0 Å². The van der Waals surface area contributed by atoms with Gasteiger partial charge in [0.15, 0.2) is 11.5 Å². The molecule has 1 aromatic carbocycles. The first-order valence-electron chi connectivity index (χ1n) is 5.61. The van der Waals surface area contributed by atoms with Gasteiger partial charge in [0.1, 0.15) is 11.0 Å². The molecular formula is C13H7ClFN3O2. The predicted octanol–water partition coefficient (Wildman–Crippen LogP) is 2.89. The molecule has 0 amide bonds. The maximum absolute atomic E-state index is 13.8. The Morgan fingerprint density at radius 1 is 1.25 bits per heavy atom. The van der Waals surface area contributed by atoms with Crippen molar-refractivity contribution in [2.75, 3.05) is 0 Å². The molecule has 7 heteroatoms. The van der Waals surface area contributed by atoms with Crippen LogP contribution in [0, 0.1) is 5.82 Å². The molecule has 0 bridgehead atoms. The first-order chi connectivity index (χ1) is 9.58. The lowest BCUT2D eigenvalue weighted by atomic mass is 10.2. The van der Waals surface area contributed by atoms with E-state index in [1.54, 1.807) is 18.2 Å². The minimum atomic E-state index is -1.12. The van der Waals surface area contributed by atoms with Crippen LogP contribution in [0.5, 0.6) is 0 Å². The number of carbonyl (C=O) groups is 1. The van der Waals surface area contributed by atoms with Crippen LogP contribution in [0.3, 0.4) is 0 Å². The van der Waals surface area contributed by atoms with Crippen molar-refractivity contribution < 1.29 is 14.3 Å². The smallest absolute Gasteiger partial charge is 0.335 e. The van der Waals surface area contributed by atoms with E-state index in [-0.39, 0.29) is 27.8 Å². The highest BCUT2D eigenvalue weighted by Gasteiger charge is 2.16. The molecule has 0 aliphatic heterocycles. The van der Waals surface area contributed by atoms with Gasteiger partial charge >= 0.3 is 5.97 Å². The molecular weight excluding hydrogens is 285 g/mol. The van der Waals surface area contributed by atoms with Crippen molar-refractivity contribution >= 4 is 23.2 Å². The fraction of sp³-hybridized carbons (Fsp3) is 0. The Balaban J connectivity index is 2.30. The topological polar surface area (TPSA) is 67.5 Å².